The summed E-state index contributed by atoms with van der Waals surface area (Å²) in [6, 6.07) is 0. The Morgan fingerprint density at radius 1 is 1.47 bits per heavy atom. The molecule has 2 fully saturated rings. The Kier molecular flexibility index (Phi) is 2.06. The van der Waals surface area contributed by atoms with Crippen molar-refractivity contribution in [1.29, 1.82) is 0 Å². The summed E-state index contributed by atoms with van der Waals surface area (Å²) in [7, 11) is 1.23. The van der Waals surface area contributed by atoms with Gasteiger partial charge >= 0.3 is 5.97 Å². The van der Waals surface area contributed by atoms with Crippen LogP contribution in [0.5, 0.6) is 0 Å². The summed E-state index contributed by atoms with van der Waals surface area (Å²) < 4.78 is 4.54. The van der Waals surface area contributed by atoms with Crippen LogP contribution in [0.15, 0.2) is 11.6 Å². The molecule has 17 heavy (non-hydrogen) atoms. The van der Waals surface area contributed by atoms with Gasteiger partial charge in [-0.2, -0.15) is 0 Å². The van der Waals surface area contributed by atoms with Crippen molar-refractivity contribution < 1.29 is 19.4 Å². The first-order valence-corrected chi connectivity index (χ1v) is 6.02. The van der Waals surface area contributed by atoms with Gasteiger partial charge < -0.3 is 9.84 Å². The molecule has 92 valence electrons. The summed E-state index contributed by atoms with van der Waals surface area (Å²) in [6.45, 7) is 0. The van der Waals surface area contributed by atoms with Crippen molar-refractivity contribution in [3.8, 4) is 0 Å². The van der Waals surface area contributed by atoms with Crippen molar-refractivity contribution in [2.75, 3.05) is 7.11 Å². The molecule has 0 saturated heterocycles. The highest BCUT2D eigenvalue weighted by molar-refractivity contribution is 6.35. The molecule has 4 bridgehead atoms. The molecular formula is C13H16O4. The fourth-order valence-corrected chi connectivity index (χ4v) is 4.17. The van der Waals surface area contributed by atoms with Crippen LogP contribution >= 0.6 is 0 Å². The van der Waals surface area contributed by atoms with Gasteiger partial charge in [-0.1, -0.05) is 11.6 Å². The molecule has 4 nitrogen and oxygen atoms in total. The minimum Gasteiger partial charge on any atom is -0.463 e. The van der Waals surface area contributed by atoms with E-state index in [1.807, 2.05) is 6.08 Å². The Labute approximate surface area is 99.6 Å². The normalized spacial score (nSPS) is 42.2. The van der Waals surface area contributed by atoms with Crippen molar-refractivity contribution in [2.24, 2.45) is 11.3 Å². The first kappa shape index (κ1) is 11.0. The molecule has 2 saturated carbocycles. The second-order valence-corrected chi connectivity index (χ2v) is 5.84. The number of ether oxygens (including phenoxy) is 1. The minimum absolute atomic E-state index is 0.344. The molecule has 4 rings (SSSR count). The zero-order valence-electron chi connectivity index (χ0n) is 9.86. The summed E-state index contributed by atoms with van der Waals surface area (Å²) in [5, 5.41) is 10.4. The van der Waals surface area contributed by atoms with E-state index < -0.39 is 22.8 Å². The molecule has 0 aromatic heterocycles. The molecule has 0 amide bonds. The van der Waals surface area contributed by atoms with Crippen LogP contribution in [0.1, 0.15) is 32.1 Å². The molecule has 3 atom stereocenters. The van der Waals surface area contributed by atoms with Gasteiger partial charge in [-0.25, -0.2) is 4.79 Å². The minimum atomic E-state index is -0.863. The highest BCUT2D eigenvalue weighted by Gasteiger charge is 2.58. The Balaban J connectivity index is 1.98. The van der Waals surface area contributed by atoms with Crippen molar-refractivity contribution in [1.82, 2.24) is 0 Å². The molecule has 0 aromatic rings. The van der Waals surface area contributed by atoms with Gasteiger partial charge in [0.1, 0.15) is 0 Å². The molecule has 1 N–H and O–H groups in total. The highest BCUT2D eigenvalue weighted by Crippen LogP contribution is 2.59. The van der Waals surface area contributed by atoms with Crippen LogP contribution in [0, 0.1) is 11.3 Å². The van der Waals surface area contributed by atoms with Crippen LogP contribution in [0.4, 0.5) is 0 Å². The van der Waals surface area contributed by atoms with E-state index in [-0.39, 0.29) is 0 Å². The maximum absolute atomic E-state index is 12.2. The molecule has 0 heterocycles. The number of rotatable bonds is 2. The number of carbonyl (C=O) groups is 2. The lowest BCUT2D eigenvalue weighted by atomic mass is 9.51. The molecule has 4 heteroatoms. The SMILES string of the molecule is COC(=O)C(=O)C12CC3=CC(O)(CC(C3)C1)C2. The molecule has 4 aliphatic rings. The zero-order chi connectivity index (χ0) is 12.3. The molecule has 0 aliphatic heterocycles. The summed E-state index contributed by atoms with van der Waals surface area (Å²) >= 11 is 0. The fraction of sp³-hybridized carbons (Fsp3) is 0.692. The Morgan fingerprint density at radius 3 is 2.82 bits per heavy atom. The number of allylic oxidation sites excluding steroid dienone is 1. The monoisotopic (exact) mass is 236 g/mol. The lowest BCUT2D eigenvalue weighted by Gasteiger charge is -2.54. The number of ketones is 1. The van der Waals surface area contributed by atoms with E-state index >= 15 is 0 Å². The number of hydrogen-bond donors (Lipinski definition) is 1. The van der Waals surface area contributed by atoms with E-state index in [0.29, 0.717) is 18.8 Å². The second-order valence-electron chi connectivity index (χ2n) is 5.84. The quantitative estimate of drug-likeness (QED) is 0.441. The Hall–Kier alpha value is -1.16. The number of hydrogen-bond acceptors (Lipinski definition) is 4. The Bertz CT molecular complexity index is 439. The zero-order valence-corrected chi connectivity index (χ0v) is 9.86. The van der Waals surface area contributed by atoms with Crippen LogP contribution in [0.2, 0.25) is 0 Å². The number of Topliss-reactive ketones (excluding diaryl/α,β-unsaturated/α-hetero) is 1. The van der Waals surface area contributed by atoms with Crippen LogP contribution in [-0.4, -0.2) is 29.6 Å². The van der Waals surface area contributed by atoms with Crippen molar-refractivity contribution in [2.45, 2.75) is 37.7 Å². The van der Waals surface area contributed by atoms with E-state index in [2.05, 4.69) is 4.74 Å². The highest BCUT2D eigenvalue weighted by atomic mass is 16.5. The second kappa shape index (κ2) is 3.19. The third-order valence-electron chi connectivity index (χ3n) is 4.41. The van der Waals surface area contributed by atoms with Gasteiger partial charge in [0.25, 0.3) is 0 Å². The predicted octanol–water partition coefficient (Wildman–Crippen LogP) is 0.980. The smallest absolute Gasteiger partial charge is 0.374 e. The lowest BCUT2D eigenvalue weighted by molar-refractivity contribution is -0.163. The lowest BCUT2D eigenvalue weighted by Crippen LogP contribution is -2.55. The molecule has 0 radical (unpaired) electrons. The van der Waals surface area contributed by atoms with Gasteiger partial charge in [0.05, 0.1) is 12.7 Å². The van der Waals surface area contributed by atoms with Crippen LogP contribution < -0.4 is 0 Å². The van der Waals surface area contributed by atoms with Gasteiger partial charge in [-0.15, -0.1) is 0 Å². The van der Waals surface area contributed by atoms with E-state index in [4.69, 9.17) is 0 Å². The molecule has 3 unspecified atom stereocenters. The molecule has 4 aliphatic carbocycles. The summed E-state index contributed by atoms with van der Waals surface area (Å²) in [5.74, 6) is -0.874. The maximum atomic E-state index is 12.2. The van der Waals surface area contributed by atoms with Gasteiger partial charge in [0.2, 0.25) is 5.78 Å². The van der Waals surface area contributed by atoms with E-state index in [1.54, 1.807) is 0 Å². The summed E-state index contributed by atoms with van der Waals surface area (Å²) in [5.41, 5.74) is -0.413. The molecule has 0 aromatic carbocycles. The van der Waals surface area contributed by atoms with Crippen LogP contribution in [0.25, 0.3) is 0 Å². The maximum Gasteiger partial charge on any atom is 0.374 e. The fourth-order valence-electron chi connectivity index (χ4n) is 4.17. The third-order valence-corrected chi connectivity index (χ3v) is 4.41. The molecular weight excluding hydrogens is 220 g/mol. The average molecular weight is 236 g/mol. The number of carbonyl (C=O) groups excluding carboxylic acids is 2. The molecule has 0 spiro atoms. The average Bonchev–Trinajstić information content (AvgIpc) is 2.23. The van der Waals surface area contributed by atoms with Crippen LogP contribution in [0.3, 0.4) is 0 Å². The number of esters is 1. The Morgan fingerprint density at radius 2 is 2.24 bits per heavy atom. The summed E-state index contributed by atoms with van der Waals surface area (Å²) in [6.07, 6.45) is 5.34. The van der Waals surface area contributed by atoms with Gasteiger partial charge in [-0.05, 0) is 38.0 Å². The number of aliphatic hydroxyl groups is 1. The third kappa shape index (κ3) is 1.47. The van der Waals surface area contributed by atoms with Gasteiger partial charge in [0, 0.05) is 5.41 Å². The van der Waals surface area contributed by atoms with Gasteiger partial charge in [-0.3, -0.25) is 4.79 Å². The standard InChI is InChI=1S/C13H16O4/c1-17-11(15)10(14)12-3-8-2-9(4-12)6-13(16,5-8)7-12/h5,9,16H,2-4,6-7H2,1H3. The first-order valence-electron chi connectivity index (χ1n) is 6.02. The summed E-state index contributed by atoms with van der Waals surface area (Å²) in [4.78, 5) is 23.6. The van der Waals surface area contributed by atoms with E-state index in [0.717, 1.165) is 24.8 Å². The largest absolute Gasteiger partial charge is 0.463 e. The number of methoxy groups -OCH3 is 1. The van der Waals surface area contributed by atoms with E-state index in [1.165, 1.54) is 7.11 Å². The predicted molar refractivity (Wildman–Crippen MR) is 59.1 cm³/mol. The van der Waals surface area contributed by atoms with Gasteiger partial charge in [0.15, 0.2) is 0 Å². The topological polar surface area (TPSA) is 63.6 Å². The first-order chi connectivity index (χ1) is 7.96. The van der Waals surface area contributed by atoms with Crippen molar-refractivity contribution in [3.05, 3.63) is 11.6 Å². The van der Waals surface area contributed by atoms with E-state index in [9.17, 15) is 14.7 Å². The van der Waals surface area contributed by atoms with Crippen molar-refractivity contribution >= 4 is 11.8 Å². The van der Waals surface area contributed by atoms with Crippen molar-refractivity contribution in [3.63, 3.8) is 0 Å². The van der Waals surface area contributed by atoms with Crippen LogP contribution in [-0.2, 0) is 14.3 Å².